The van der Waals surface area contributed by atoms with Gasteiger partial charge in [0, 0.05) is 19.1 Å². The highest BCUT2D eigenvalue weighted by atomic mass is 16.5. The molecule has 4 nitrogen and oxygen atoms in total. The lowest BCUT2D eigenvalue weighted by molar-refractivity contribution is -0.142. The number of rotatable bonds is 3. The van der Waals surface area contributed by atoms with Crippen LogP contribution >= 0.6 is 0 Å². The van der Waals surface area contributed by atoms with Gasteiger partial charge >= 0.3 is 0 Å². The lowest BCUT2D eigenvalue weighted by Crippen LogP contribution is -2.53. The Morgan fingerprint density at radius 3 is 2.50 bits per heavy atom. The molecule has 2 heterocycles. The van der Waals surface area contributed by atoms with Gasteiger partial charge in [-0.05, 0) is 38.5 Å². The molecule has 0 aromatic heterocycles. The first-order valence-corrected chi connectivity index (χ1v) is 8.15. The lowest BCUT2D eigenvalue weighted by atomic mass is 9.84. The van der Waals surface area contributed by atoms with Crippen LogP contribution in [0.2, 0.25) is 0 Å². The van der Waals surface area contributed by atoms with E-state index in [2.05, 4.69) is 20.8 Å². The minimum atomic E-state index is -0.00257. The maximum absolute atomic E-state index is 12.9. The molecule has 2 aliphatic rings. The van der Waals surface area contributed by atoms with Crippen molar-refractivity contribution in [3.05, 3.63) is 0 Å². The molecule has 2 N–H and O–H groups in total. The Balaban J connectivity index is 2.08. The van der Waals surface area contributed by atoms with Crippen LogP contribution in [0.1, 0.15) is 47.0 Å². The molecule has 0 aliphatic carbocycles. The minimum absolute atomic E-state index is 0.00257. The van der Waals surface area contributed by atoms with Crippen molar-refractivity contribution in [2.24, 2.45) is 23.5 Å². The molecule has 0 bridgehead atoms. The molecule has 6 atom stereocenters. The van der Waals surface area contributed by atoms with Crippen LogP contribution in [0, 0.1) is 17.8 Å². The largest absolute Gasteiger partial charge is 0.374 e. The molecule has 116 valence electrons. The Bertz CT molecular complexity index is 347. The zero-order valence-corrected chi connectivity index (χ0v) is 13.3. The monoisotopic (exact) mass is 282 g/mol. The number of piperidine rings is 1. The molecule has 6 unspecified atom stereocenters. The third-order valence-corrected chi connectivity index (χ3v) is 5.48. The van der Waals surface area contributed by atoms with E-state index in [-0.39, 0.29) is 30.1 Å². The summed E-state index contributed by atoms with van der Waals surface area (Å²) < 4.78 is 5.83. The number of amides is 1. The van der Waals surface area contributed by atoms with Gasteiger partial charge in [-0.25, -0.2) is 0 Å². The summed E-state index contributed by atoms with van der Waals surface area (Å²) >= 11 is 0. The van der Waals surface area contributed by atoms with Crippen molar-refractivity contribution in [2.75, 3.05) is 13.1 Å². The highest BCUT2D eigenvalue weighted by Gasteiger charge is 2.45. The van der Waals surface area contributed by atoms with E-state index in [1.165, 1.54) is 6.42 Å². The van der Waals surface area contributed by atoms with Gasteiger partial charge in [-0.15, -0.1) is 0 Å². The van der Waals surface area contributed by atoms with Gasteiger partial charge in [-0.3, -0.25) is 4.79 Å². The van der Waals surface area contributed by atoms with Gasteiger partial charge in [0.2, 0.25) is 5.91 Å². The van der Waals surface area contributed by atoms with Crippen LogP contribution in [0.4, 0.5) is 0 Å². The smallest absolute Gasteiger partial charge is 0.228 e. The molecule has 0 aromatic rings. The van der Waals surface area contributed by atoms with E-state index in [0.717, 1.165) is 25.3 Å². The molecule has 2 saturated heterocycles. The molecule has 2 fully saturated rings. The Morgan fingerprint density at radius 2 is 2.00 bits per heavy atom. The third kappa shape index (κ3) is 2.86. The zero-order valence-electron chi connectivity index (χ0n) is 13.3. The summed E-state index contributed by atoms with van der Waals surface area (Å²) in [7, 11) is 0. The fourth-order valence-electron chi connectivity index (χ4n) is 3.90. The van der Waals surface area contributed by atoms with E-state index < -0.39 is 0 Å². The highest BCUT2D eigenvalue weighted by Crippen LogP contribution is 2.35. The summed E-state index contributed by atoms with van der Waals surface area (Å²) in [5.74, 6) is 1.28. The fraction of sp³-hybridized carbons (Fsp3) is 0.938. The normalized spacial score (nSPS) is 42.0. The van der Waals surface area contributed by atoms with Gasteiger partial charge in [0.15, 0.2) is 0 Å². The quantitative estimate of drug-likeness (QED) is 0.861. The molecule has 20 heavy (non-hydrogen) atoms. The minimum Gasteiger partial charge on any atom is -0.374 e. The molecule has 2 rings (SSSR count). The first-order chi connectivity index (χ1) is 9.49. The van der Waals surface area contributed by atoms with Crippen LogP contribution in [0.3, 0.4) is 0 Å². The van der Waals surface area contributed by atoms with Gasteiger partial charge in [-0.2, -0.15) is 0 Å². The molecule has 0 radical (unpaired) electrons. The average Bonchev–Trinajstić information content (AvgIpc) is 2.70. The summed E-state index contributed by atoms with van der Waals surface area (Å²) in [6.45, 7) is 9.90. The predicted molar refractivity (Wildman–Crippen MR) is 80.2 cm³/mol. The number of hydrogen-bond acceptors (Lipinski definition) is 3. The van der Waals surface area contributed by atoms with Crippen LogP contribution in [0.15, 0.2) is 0 Å². The molecule has 0 saturated carbocycles. The van der Waals surface area contributed by atoms with Crippen molar-refractivity contribution < 1.29 is 9.53 Å². The molecule has 4 heteroatoms. The Hall–Kier alpha value is -0.610. The average molecular weight is 282 g/mol. The van der Waals surface area contributed by atoms with E-state index in [4.69, 9.17) is 10.5 Å². The zero-order chi connectivity index (χ0) is 14.9. The fourth-order valence-corrected chi connectivity index (χ4v) is 3.90. The second-order valence-corrected chi connectivity index (χ2v) is 6.65. The number of likely N-dealkylation sites (tertiary alicyclic amines) is 1. The number of nitrogens with two attached hydrogens (primary N) is 1. The van der Waals surface area contributed by atoms with Gasteiger partial charge in [0.05, 0.1) is 18.1 Å². The van der Waals surface area contributed by atoms with Crippen molar-refractivity contribution in [3.8, 4) is 0 Å². The summed E-state index contributed by atoms with van der Waals surface area (Å²) in [6, 6.07) is 0.219. The van der Waals surface area contributed by atoms with Crippen LogP contribution in [0.25, 0.3) is 0 Å². The highest BCUT2D eigenvalue weighted by molar-refractivity contribution is 5.80. The molecule has 1 amide bonds. The Labute approximate surface area is 123 Å². The lowest BCUT2D eigenvalue weighted by Gasteiger charge is -2.41. The molecular formula is C16H30N2O2. The van der Waals surface area contributed by atoms with Gasteiger partial charge in [-0.1, -0.05) is 20.3 Å². The molecule has 2 aliphatic heterocycles. The van der Waals surface area contributed by atoms with Gasteiger partial charge in [0.25, 0.3) is 0 Å². The van der Waals surface area contributed by atoms with Crippen LogP contribution in [-0.4, -0.2) is 42.1 Å². The van der Waals surface area contributed by atoms with E-state index >= 15 is 0 Å². The summed E-state index contributed by atoms with van der Waals surface area (Å²) in [5, 5.41) is 0. The summed E-state index contributed by atoms with van der Waals surface area (Å²) in [6.07, 6.45) is 3.56. The SMILES string of the molecule is CCC1CCN(C(=O)C2C(C)OC(C)C2C)C(CN)C1. The van der Waals surface area contributed by atoms with Crippen molar-refractivity contribution in [2.45, 2.75) is 65.2 Å². The van der Waals surface area contributed by atoms with Crippen molar-refractivity contribution in [1.29, 1.82) is 0 Å². The van der Waals surface area contributed by atoms with E-state index in [9.17, 15) is 4.79 Å². The second-order valence-electron chi connectivity index (χ2n) is 6.65. The summed E-state index contributed by atoms with van der Waals surface area (Å²) in [4.78, 5) is 15.0. The number of hydrogen-bond donors (Lipinski definition) is 1. The Morgan fingerprint density at radius 1 is 1.30 bits per heavy atom. The van der Waals surface area contributed by atoms with Crippen LogP contribution in [0.5, 0.6) is 0 Å². The first-order valence-electron chi connectivity index (χ1n) is 8.15. The molecular weight excluding hydrogens is 252 g/mol. The molecule has 0 spiro atoms. The van der Waals surface area contributed by atoms with Gasteiger partial charge in [0.1, 0.15) is 0 Å². The number of carbonyl (C=O) groups is 1. The number of ether oxygens (including phenoxy) is 1. The van der Waals surface area contributed by atoms with E-state index in [0.29, 0.717) is 12.5 Å². The predicted octanol–water partition coefficient (Wildman–Crippen LogP) is 2.02. The number of nitrogens with zero attached hydrogens (tertiary/aromatic N) is 1. The maximum atomic E-state index is 12.9. The van der Waals surface area contributed by atoms with Crippen molar-refractivity contribution in [3.63, 3.8) is 0 Å². The van der Waals surface area contributed by atoms with Crippen LogP contribution in [-0.2, 0) is 9.53 Å². The number of carbonyl (C=O) groups excluding carboxylic acids is 1. The maximum Gasteiger partial charge on any atom is 0.228 e. The van der Waals surface area contributed by atoms with Gasteiger partial charge < -0.3 is 15.4 Å². The standard InChI is InChI=1S/C16H30N2O2/c1-5-13-6-7-18(14(8-13)9-17)16(19)15-10(2)11(3)20-12(15)4/h10-15H,5-9,17H2,1-4H3. The van der Waals surface area contributed by atoms with Crippen molar-refractivity contribution in [1.82, 2.24) is 4.90 Å². The second kappa shape index (κ2) is 6.44. The topological polar surface area (TPSA) is 55.6 Å². The third-order valence-electron chi connectivity index (χ3n) is 5.48. The summed E-state index contributed by atoms with van der Waals surface area (Å²) in [5.41, 5.74) is 5.92. The Kier molecular flexibility index (Phi) is 5.08. The van der Waals surface area contributed by atoms with E-state index in [1.54, 1.807) is 0 Å². The van der Waals surface area contributed by atoms with Crippen molar-refractivity contribution >= 4 is 5.91 Å². The van der Waals surface area contributed by atoms with Crippen LogP contribution < -0.4 is 5.73 Å². The van der Waals surface area contributed by atoms with E-state index in [1.807, 2.05) is 11.8 Å². The molecule has 0 aromatic carbocycles. The first kappa shape index (κ1) is 15.8.